The van der Waals surface area contributed by atoms with Crippen LogP contribution in [-0.4, -0.2) is 40.8 Å². The van der Waals surface area contributed by atoms with Gasteiger partial charge in [-0.05, 0) is 49.4 Å². The van der Waals surface area contributed by atoms with Crippen molar-refractivity contribution in [3.8, 4) is 17.1 Å². The molecule has 1 heterocycles. The van der Waals surface area contributed by atoms with Crippen LogP contribution >= 0.6 is 0 Å². The normalized spacial score (nSPS) is 11.8. The molecule has 0 saturated carbocycles. The van der Waals surface area contributed by atoms with Crippen molar-refractivity contribution >= 4 is 31.5 Å². The number of primary sulfonamides is 1. The van der Waals surface area contributed by atoms with Crippen LogP contribution in [0, 0.1) is 6.92 Å². The molecule has 1 aromatic heterocycles. The van der Waals surface area contributed by atoms with Gasteiger partial charge in [0.2, 0.25) is 15.9 Å². The molecule has 0 spiro atoms. The molecule has 0 bridgehead atoms. The molecule has 2 aromatic carbocycles. The molecule has 3 N–H and O–H groups in total. The molecule has 0 radical (unpaired) electrons. The third-order valence-electron chi connectivity index (χ3n) is 4.48. The molecule has 0 aliphatic carbocycles. The van der Waals surface area contributed by atoms with Crippen LogP contribution in [-0.2, 0) is 24.7 Å². The van der Waals surface area contributed by atoms with Gasteiger partial charge in [-0.15, -0.1) is 0 Å². The largest absolute Gasteiger partial charge is 0.495 e. The van der Waals surface area contributed by atoms with E-state index in [-0.39, 0.29) is 22.0 Å². The molecular weight excluding hydrogens is 458 g/mol. The third-order valence-corrected chi connectivity index (χ3v) is 7.14. The number of carbonyl (C=O) groups excluding carboxylic acids is 1. The lowest BCUT2D eigenvalue weighted by atomic mass is 10.1. The first-order valence-electron chi connectivity index (χ1n) is 9.27. The standard InChI is InChI=1S/C20H21N3O7S2/c1-13-11-18(30-23-13)14-3-8-17(29-2)19(12-14)31(25,26)10-9-20(24)22-15-4-6-16(7-5-15)32(21,27)28/h3-8,11-12H,9-10H2,1-2H3,(H,22,24)(H2,21,27,28). The van der Waals surface area contributed by atoms with Crippen molar-refractivity contribution < 1.29 is 30.9 Å². The zero-order valence-electron chi connectivity index (χ0n) is 17.2. The van der Waals surface area contributed by atoms with Crippen molar-refractivity contribution in [3.63, 3.8) is 0 Å². The van der Waals surface area contributed by atoms with E-state index in [0.717, 1.165) is 0 Å². The Morgan fingerprint density at radius 3 is 2.34 bits per heavy atom. The number of hydrogen-bond acceptors (Lipinski definition) is 8. The van der Waals surface area contributed by atoms with Crippen molar-refractivity contribution in [1.29, 1.82) is 0 Å². The fraction of sp³-hybridized carbons (Fsp3) is 0.200. The summed E-state index contributed by atoms with van der Waals surface area (Å²) < 4.78 is 58.8. The Morgan fingerprint density at radius 2 is 1.78 bits per heavy atom. The number of rotatable bonds is 8. The first-order chi connectivity index (χ1) is 15.0. The number of sulfone groups is 1. The summed E-state index contributed by atoms with van der Waals surface area (Å²) in [6.07, 6.45) is -0.325. The van der Waals surface area contributed by atoms with Crippen molar-refractivity contribution in [1.82, 2.24) is 5.16 Å². The smallest absolute Gasteiger partial charge is 0.238 e. The molecule has 10 nitrogen and oxygen atoms in total. The Morgan fingerprint density at radius 1 is 1.09 bits per heavy atom. The number of anilines is 1. The zero-order valence-corrected chi connectivity index (χ0v) is 18.9. The van der Waals surface area contributed by atoms with Gasteiger partial charge >= 0.3 is 0 Å². The summed E-state index contributed by atoms with van der Waals surface area (Å²) in [5.74, 6) is -0.479. The predicted octanol–water partition coefficient (Wildman–Crippen LogP) is 2.11. The van der Waals surface area contributed by atoms with Crippen LogP contribution in [0.2, 0.25) is 0 Å². The lowest BCUT2D eigenvalue weighted by Gasteiger charge is -2.11. The van der Waals surface area contributed by atoms with Crippen LogP contribution in [0.4, 0.5) is 5.69 Å². The number of hydrogen-bond donors (Lipinski definition) is 2. The number of ether oxygens (including phenoxy) is 1. The van der Waals surface area contributed by atoms with Crippen LogP contribution in [0.15, 0.2) is 62.8 Å². The Hall–Kier alpha value is -3.22. The van der Waals surface area contributed by atoms with Crippen LogP contribution in [0.1, 0.15) is 12.1 Å². The maximum Gasteiger partial charge on any atom is 0.238 e. The number of methoxy groups -OCH3 is 1. The quantitative estimate of drug-likeness (QED) is 0.497. The number of benzene rings is 2. The summed E-state index contributed by atoms with van der Waals surface area (Å²) in [5, 5.41) is 11.3. The third kappa shape index (κ3) is 5.52. The predicted molar refractivity (Wildman–Crippen MR) is 116 cm³/mol. The Labute approximate surface area is 185 Å². The van der Waals surface area contributed by atoms with Crippen LogP contribution in [0.25, 0.3) is 11.3 Å². The lowest BCUT2D eigenvalue weighted by molar-refractivity contribution is -0.115. The molecule has 0 unspecified atom stereocenters. The molecule has 12 heteroatoms. The molecule has 3 rings (SSSR count). The molecule has 1 amide bonds. The molecule has 3 aromatic rings. The second-order valence-corrected chi connectivity index (χ2v) is 10.5. The minimum Gasteiger partial charge on any atom is -0.495 e. The number of sulfonamides is 1. The van der Waals surface area contributed by atoms with Crippen molar-refractivity contribution in [3.05, 3.63) is 54.2 Å². The van der Waals surface area contributed by atoms with E-state index >= 15 is 0 Å². The Balaban J connectivity index is 1.73. The van der Waals surface area contributed by atoms with Gasteiger partial charge < -0.3 is 14.6 Å². The maximum atomic E-state index is 12.9. The summed E-state index contributed by atoms with van der Waals surface area (Å²) in [6.45, 7) is 1.75. The molecule has 0 atom stereocenters. The maximum absolute atomic E-state index is 12.9. The molecule has 0 aliphatic heterocycles. The van der Waals surface area contributed by atoms with Gasteiger partial charge in [0, 0.05) is 23.7 Å². The summed E-state index contributed by atoms with van der Waals surface area (Å²) in [5.41, 5.74) is 1.46. The molecular formula is C20H21N3O7S2. The second-order valence-electron chi connectivity index (χ2n) is 6.88. The number of aromatic nitrogens is 1. The number of carbonyl (C=O) groups is 1. The van der Waals surface area contributed by atoms with E-state index in [9.17, 15) is 21.6 Å². The number of nitrogens with zero attached hydrogens (tertiary/aromatic N) is 1. The van der Waals surface area contributed by atoms with E-state index in [1.165, 1.54) is 43.5 Å². The van der Waals surface area contributed by atoms with Gasteiger partial charge in [-0.25, -0.2) is 22.0 Å². The summed E-state index contributed by atoms with van der Waals surface area (Å²) in [6, 6.07) is 11.4. The molecule has 0 saturated heterocycles. The lowest BCUT2D eigenvalue weighted by Crippen LogP contribution is -2.18. The topological polar surface area (TPSA) is 159 Å². The highest BCUT2D eigenvalue weighted by atomic mass is 32.2. The van der Waals surface area contributed by atoms with Crippen LogP contribution in [0.5, 0.6) is 5.75 Å². The minimum atomic E-state index is -3.88. The van der Waals surface area contributed by atoms with E-state index < -0.39 is 31.5 Å². The van der Waals surface area contributed by atoms with Crippen LogP contribution in [0.3, 0.4) is 0 Å². The average molecular weight is 480 g/mol. The highest BCUT2D eigenvalue weighted by Crippen LogP contribution is 2.31. The van der Waals surface area contributed by atoms with Crippen molar-refractivity contribution in [2.75, 3.05) is 18.2 Å². The van der Waals surface area contributed by atoms with Gasteiger partial charge in [0.25, 0.3) is 0 Å². The Bertz CT molecular complexity index is 1350. The first kappa shape index (κ1) is 23.4. The monoisotopic (exact) mass is 479 g/mol. The van der Waals surface area contributed by atoms with Crippen molar-refractivity contribution in [2.45, 2.75) is 23.1 Å². The highest BCUT2D eigenvalue weighted by Gasteiger charge is 2.23. The summed E-state index contributed by atoms with van der Waals surface area (Å²) in [4.78, 5) is 12.1. The first-order valence-corrected chi connectivity index (χ1v) is 12.5. The van der Waals surface area contributed by atoms with Gasteiger partial charge in [-0.3, -0.25) is 4.79 Å². The summed E-state index contributed by atoms with van der Waals surface area (Å²) in [7, 11) is -6.38. The van der Waals surface area contributed by atoms with Gasteiger partial charge in [0.1, 0.15) is 10.6 Å². The fourth-order valence-corrected chi connectivity index (χ4v) is 4.82. The number of amides is 1. The minimum absolute atomic E-state index is 0.0724. The van der Waals surface area contributed by atoms with Gasteiger partial charge in [-0.1, -0.05) is 5.16 Å². The van der Waals surface area contributed by atoms with E-state index in [4.69, 9.17) is 14.4 Å². The number of nitrogens with one attached hydrogen (secondary N) is 1. The second kappa shape index (κ2) is 9.10. The van der Waals surface area contributed by atoms with Crippen molar-refractivity contribution in [2.24, 2.45) is 5.14 Å². The van der Waals surface area contributed by atoms with E-state index in [0.29, 0.717) is 22.7 Å². The van der Waals surface area contributed by atoms with E-state index in [2.05, 4.69) is 10.5 Å². The fourth-order valence-electron chi connectivity index (χ4n) is 2.86. The van der Waals surface area contributed by atoms with Gasteiger partial charge in [0.05, 0.1) is 23.5 Å². The Kier molecular flexibility index (Phi) is 6.67. The van der Waals surface area contributed by atoms with E-state index in [1.807, 2.05) is 0 Å². The molecule has 170 valence electrons. The van der Waals surface area contributed by atoms with E-state index in [1.54, 1.807) is 19.1 Å². The molecule has 32 heavy (non-hydrogen) atoms. The number of nitrogens with two attached hydrogens (primary N) is 1. The SMILES string of the molecule is COc1ccc(-c2cc(C)no2)cc1S(=O)(=O)CCC(=O)Nc1ccc(S(N)(=O)=O)cc1. The van der Waals surface area contributed by atoms with Crippen LogP contribution < -0.4 is 15.2 Å². The zero-order chi connectivity index (χ0) is 23.5. The number of aryl methyl sites for hydroxylation is 1. The van der Waals surface area contributed by atoms with Gasteiger partial charge in [-0.2, -0.15) is 0 Å². The average Bonchev–Trinajstić information content (AvgIpc) is 3.18. The highest BCUT2D eigenvalue weighted by molar-refractivity contribution is 7.91. The molecule has 0 fully saturated rings. The molecule has 0 aliphatic rings. The van der Waals surface area contributed by atoms with Gasteiger partial charge in [0.15, 0.2) is 15.6 Å². The summed E-state index contributed by atoms with van der Waals surface area (Å²) >= 11 is 0.